The Morgan fingerprint density at radius 2 is 1.79 bits per heavy atom. The Kier molecular flexibility index (Phi) is 4.91. The number of carbonyl (C=O) groups excluding carboxylic acids is 2. The van der Waals surface area contributed by atoms with Gasteiger partial charge in [0.25, 0.3) is 0 Å². The fourth-order valence-electron chi connectivity index (χ4n) is 4.45. The van der Waals surface area contributed by atoms with Crippen LogP contribution in [0.2, 0.25) is 0 Å². The van der Waals surface area contributed by atoms with Gasteiger partial charge in [-0.3, -0.25) is 14.6 Å². The quantitative estimate of drug-likeness (QED) is 0.840. The van der Waals surface area contributed by atoms with Gasteiger partial charge < -0.3 is 5.32 Å². The Morgan fingerprint density at radius 3 is 2.48 bits per heavy atom. The molecule has 1 aliphatic carbocycles. The maximum Gasteiger partial charge on any atom is 0.235 e. The molecule has 1 amide bonds. The number of benzene rings is 1. The molecule has 1 unspecified atom stereocenters. The number of allylic oxidation sites excluding steroid dienone is 2. The Bertz CT molecular complexity index is 1010. The van der Waals surface area contributed by atoms with Crippen LogP contribution in [0.1, 0.15) is 45.1 Å². The molecule has 5 nitrogen and oxygen atoms in total. The van der Waals surface area contributed by atoms with E-state index in [2.05, 4.69) is 24.1 Å². The molecule has 1 aliphatic heterocycles. The maximum atomic E-state index is 13.3. The average Bonchev–Trinajstić information content (AvgIpc) is 2.67. The molecular formula is C24H25N3O2. The zero-order chi connectivity index (χ0) is 20.6. The van der Waals surface area contributed by atoms with Crippen LogP contribution in [0.15, 0.2) is 71.0 Å². The number of rotatable bonds is 3. The highest BCUT2D eigenvalue weighted by atomic mass is 16.2. The molecule has 2 aliphatic rings. The summed E-state index contributed by atoms with van der Waals surface area (Å²) in [7, 11) is 0. The molecule has 5 heteroatoms. The van der Waals surface area contributed by atoms with Crippen molar-refractivity contribution in [3.05, 3.63) is 71.6 Å². The standard InChI is InChI=1S/C24H25N3O2/c1-15-20(23(29)27-19-11-7-8-12-25-19)21(16-9-5-4-6-10-16)22-17(26-15)13-24(2,3)14-18(22)28/h4-12,20-21H,13-14H2,1-3H3,(H,25,27,29)/t20?,21-/m1/s1. The second-order valence-corrected chi connectivity index (χ2v) is 8.62. The van der Waals surface area contributed by atoms with Crippen LogP contribution in [0.4, 0.5) is 5.82 Å². The lowest BCUT2D eigenvalue weighted by Gasteiger charge is -2.39. The first-order valence-corrected chi connectivity index (χ1v) is 9.94. The van der Waals surface area contributed by atoms with Crippen molar-refractivity contribution in [3.8, 4) is 0 Å². The van der Waals surface area contributed by atoms with Crippen LogP contribution in [0.3, 0.4) is 0 Å². The number of nitrogens with zero attached hydrogens (tertiary/aromatic N) is 2. The average molecular weight is 387 g/mol. The molecule has 2 atom stereocenters. The fourth-order valence-corrected chi connectivity index (χ4v) is 4.45. The summed E-state index contributed by atoms with van der Waals surface area (Å²) >= 11 is 0. The molecule has 2 heterocycles. The normalized spacial score (nSPS) is 23.3. The van der Waals surface area contributed by atoms with E-state index < -0.39 is 5.92 Å². The molecule has 1 aromatic heterocycles. The molecule has 0 bridgehead atoms. The second kappa shape index (κ2) is 7.39. The number of hydrogen-bond acceptors (Lipinski definition) is 4. The van der Waals surface area contributed by atoms with E-state index in [1.54, 1.807) is 18.3 Å². The lowest BCUT2D eigenvalue weighted by molar-refractivity contribution is -0.119. The number of carbonyl (C=O) groups is 2. The third-order valence-electron chi connectivity index (χ3n) is 5.66. The van der Waals surface area contributed by atoms with Crippen LogP contribution in [-0.2, 0) is 9.59 Å². The molecule has 0 saturated carbocycles. The van der Waals surface area contributed by atoms with Crippen molar-refractivity contribution in [2.24, 2.45) is 16.3 Å². The summed E-state index contributed by atoms with van der Waals surface area (Å²) in [6, 6.07) is 15.2. The van der Waals surface area contributed by atoms with Gasteiger partial charge in [-0.2, -0.15) is 0 Å². The molecule has 0 spiro atoms. The number of aromatic nitrogens is 1. The Hall–Kier alpha value is -3.08. The Labute approximate surface area is 171 Å². The minimum Gasteiger partial charge on any atom is -0.310 e. The predicted molar refractivity (Wildman–Crippen MR) is 114 cm³/mol. The van der Waals surface area contributed by atoms with Gasteiger partial charge in [0.15, 0.2) is 5.78 Å². The van der Waals surface area contributed by atoms with Crippen molar-refractivity contribution in [2.75, 3.05) is 5.32 Å². The minimum atomic E-state index is -0.552. The van der Waals surface area contributed by atoms with Crippen LogP contribution in [0.5, 0.6) is 0 Å². The molecule has 1 N–H and O–H groups in total. The summed E-state index contributed by atoms with van der Waals surface area (Å²) in [5.41, 5.74) is 3.10. The highest BCUT2D eigenvalue weighted by Gasteiger charge is 2.45. The predicted octanol–water partition coefficient (Wildman–Crippen LogP) is 4.54. The summed E-state index contributed by atoms with van der Waals surface area (Å²) in [5, 5.41) is 2.90. The lowest BCUT2D eigenvalue weighted by Crippen LogP contribution is -2.41. The molecule has 29 heavy (non-hydrogen) atoms. The van der Waals surface area contributed by atoms with Gasteiger partial charge in [0.05, 0.1) is 5.92 Å². The first-order chi connectivity index (χ1) is 13.9. The molecule has 2 aromatic rings. The van der Waals surface area contributed by atoms with E-state index in [1.807, 2.05) is 43.3 Å². The number of aliphatic imine (C=N–C) groups is 1. The minimum absolute atomic E-state index is 0.0944. The Morgan fingerprint density at radius 1 is 1.07 bits per heavy atom. The summed E-state index contributed by atoms with van der Waals surface area (Å²) in [6.45, 7) is 6.07. The van der Waals surface area contributed by atoms with Crippen molar-refractivity contribution in [1.82, 2.24) is 4.98 Å². The topological polar surface area (TPSA) is 71.4 Å². The Balaban J connectivity index is 1.79. The van der Waals surface area contributed by atoms with E-state index in [0.717, 1.165) is 23.4 Å². The van der Waals surface area contributed by atoms with Crippen LogP contribution >= 0.6 is 0 Å². The van der Waals surface area contributed by atoms with Crippen molar-refractivity contribution in [2.45, 2.75) is 39.5 Å². The molecule has 0 fully saturated rings. The van der Waals surface area contributed by atoms with Crippen molar-refractivity contribution >= 4 is 23.2 Å². The molecule has 0 saturated heterocycles. The number of amides is 1. The largest absolute Gasteiger partial charge is 0.310 e. The maximum absolute atomic E-state index is 13.3. The van der Waals surface area contributed by atoms with Crippen LogP contribution in [0.25, 0.3) is 0 Å². The van der Waals surface area contributed by atoms with E-state index >= 15 is 0 Å². The summed E-state index contributed by atoms with van der Waals surface area (Å²) < 4.78 is 0. The van der Waals surface area contributed by atoms with Crippen molar-refractivity contribution in [1.29, 1.82) is 0 Å². The van der Waals surface area contributed by atoms with Gasteiger partial charge in [0.1, 0.15) is 5.82 Å². The molecule has 1 aromatic carbocycles. The zero-order valence-electron chi connectivity index (χ0n) is 17.0. The van der Waals surface area contributed by atoms with Gasteiger partial charge >= 0.3 is 0 Å². The smallest absolute Gasteiger partial charge is 0.235 e. The first-order valence-electron chi connectivity index (χ1n) is 9.94. The van der Waals surface area contributed by atoms with Crippen LogP contribution < -0.4 is 5.32 Å². The van der Waals surface area contributed by atoms with E-state index in [0.29, 0.717) is 17.8 Å². The van der Waals surface area contributed by atoms with Gasteiger partial charge in [-0.05, 0) is 36.5 Å². The first kappa shape index (κ1) is 19.2. The third-order valence-corrected chi connectivity index (χ3v) is 5.66. The molecule has 4 rings (SSSR count). The van der Waals surface area contributed by atoms with Gasteiger partial charge in [0.2, 0.25) is 5.91 Å². The highest BCUT2D eigenvalue weighted by molar-refractivity contribution is 6.13. The monoisotopic (exact) mass is 387 g/mol. The molecular weight excluding hydrogens is 362 g/mol. The van der Waals surface area contributed by atoms with E-state index in [9.17, 15) is 9.59 Å². The van der Waals surface area contributed by atoms with Gasteiger partial charge in [-0.1, -0.05) is 50.2 Å². The number of Topliss-reactive ketones (excluding diaryl/α,β-unsaturated/α-hetero) is 1. The van der Waals surface area contributed by atoms with Crippen molar-refractivity contribution in [3.63, 3.8) is 0 Å². The van der Waals surface area contributed by atoms with E-state index in [1.165, 1.54) is 0 Å². The highest BCUT2D eigenvalue weighted by Crippen LogP contribution is 2.47. The van der Waals surface area contributed by atoms with Crippen molar-refractivity contribution < 1.29 is 9.59 Å². The number of pyridine rings is 1. The van der Waals surface area contributed by atoms with E-state index in [4.69, 9.17) is 4.99 Å². The fraction of sp³-hybridized carbons (Fsp3) is 0.333. The lowest BCUT2D eigenvalue weighted by atomic mass is 9.66. The molecule has 0 radical (unpaired) electrons. The second-order valence-electron chi connectivity index (χ2n) is 8.62. The third kappa shape index (κ3) is 3.77. The zero-order valence-corrected chi connectivity index (χ0v) is 17.0. The van der Waals surface area contributed by atoms with Crippen LogP contribution in [-0.4, -0.2) is 22.4 Å². The SMILES string of the molecule is CC1=NC2=C(C(=O)CC(C)(C)C2)[C@H](c2ccccc2)C1C(=O)Nc1ccccn1. The number of ketones is 1. The van der Waals surface area contributed by atoms with Crippen LogP contribution in [0, 0.1) is 11.3 Å². The number of hydrogen-bond donors (Lipinski definition) is 1. The molecule has 148 valence electrons. The summed E-state index contributed by atoms with van der Waals surface area (Å²) in [6.07, 6.45) is 2.85. The van der Waals surface area contributed by atoms with Gasteiger partial charge in [-0.25, -0.2) is 4.98 Å². The number of nitrogens with one attached hydrogen (secondary N) is 1. The van der Waals surface area contributed by atoms with Gasteiger partial charge in [0, 0.05) is 35.5 Å². The summed E-state index contributed by atoms with van der Waals surface area (Å²) in [4.78, 5) is 35.5. The number of anilines is 1. The van der Waals surface area contributed by atoms with Gasteiger partial charge in [-0.15, -0.1) is 0 Å². The summed E-state index contributed by atoms with van der Waals surface area (Å²) in [5.74, 6) is -0.493. The van der Waals surface area contributed by atoms with E-state index in [-0.39, 0.29) is 23.0 Å².